The molecule has 7 aromatic carbocycles. The van der Waals surface area contributed by atoms with Crippen LogP contribution in [0.5, 0.6) is 0 Å². The molecule has 11 rings (SSSR count). The molecule has 51 heavy (non-hydrogen) atoms. The predicted octanol–water partition coefficient (Wildman–Crippen LogP) is 10.9. The van der Waals surface area contributed by atoms with Gasteiger partial charge < -0.3 is 4.42 Å². The van der Waals surface area contributed by atoms with Crippen LogP contribution < -0.4 is 0 Å². The molecule has 0 saturated carbocycles. The lowest BCUT2D eigenvalue weighted by Gasteiger charge is -2.32. The minimum Gasteiger partial charge on any atom is -0.456 e. The fraction of sp³-hybridized carbons (Fsp3) is 0.0217. The van der Waals surface area contributed by atoms with E-state index in [1.165, 1.54) is 0 Å². The molecule has 3 aromatic heterocycles. The Balaban J connectivity index is 1.34. The second kappa shape index (κ2) is 10.6. The van der Waals surface area contributed by atoms with Crippen molar-refractivity contribution in [3.8, 4) is 28.5 Å². The molecule has 3 heterocycles. The molecule has 0 amide bonds. The lowest BCUT2D eigenvalue weighted by molar-refractivity contribution is 0.664. The molecule has 5 nitrogen and oxygen atoms in total. The van der Waals surface area contributed by atoms with Gasteiger partial charge in [-0.25, -0.2) is 4.98 Å². The Bertz CT molecular complexity index is 2890. The zero-order chi connectivity index (χ0) is 33.5. The Labute approximate surface area is 293 Å². The molecule has 0 fully saturated rings. The maximum atomic E-state index is 6.52. The Kier molecular flexibility index (Phi) is 5.81. The van der Waals surface area contributed by atoms with E-state index < -0.39 is 5.41 Å². The summed E-state index contributed by atoms with van der Waals surface area (Å²) in [6.45, 7) is 0. The van der Waals surface area contributed by atoms with Crippen LogP contribution >= 0.6 is 0 Å². The minimum atomic E-state index is -0.903. The van der Waals surface area contributed by atoms with Crippen molar-refractivity contribution in [1.82, 2.24) is 19.5 Å². The molecule has 0 aliphatic heterocycles. The summed E-state index contributed by atoms with van der Waals surface area (Å²) in [5.74, 6) is 1.84. The minimum absolute atomic E-state index is 0.571. The maximum Gasteiger partial charge on any atom is 0.238 e. The van der Waals surface area contributed by atoms with E-state index in [4.69, 9.17) is 19.4 Å². The van der Waals surface area contributed by atoms with E-state index in [0.717, 1.165) is 77.1 Å². The summed E-state index contributed by atoms with van der Waals surface area (Å²) >= 11 is 0. The van der Waals surface area contributed by atoms with Crippen molar-refractivity contribution >= 4 is 43.7 Å². The van der Waals surface area contributed by atoms with E-state index in [2.05, 4.69) is 144 Å². The molecule has 5 heteroatoms. The van der Waals surface area contributed by atoms with E-state index in [-0.39, 0.29) is 0 Å². The first-order valence-corrected chi connectivity index (χ1v) is 17.2. The first kappa shape index (κ1) is 28.0. The van der Waals surface area contributed by atoms with Gasteiger partial charge in [0, 0.05) is 27.1 Å². The highest BCUT2D eigenvalue weighted by Gasteiger charge is 2.50. The number of nitrogens with zero attached hydrogens (tertiary/aromatic N) is 4. The lowest BCUT2D eigenvalue weighted by atomic mass is 9.70. The monoisotopic (exact) mass is 652 g/mol. The summed E-state index contributed by atoms with van der Waals surface area (Å²) in [6.07, 6.45) is 0. The van der Waals surface area contributed by atoms with E-state index in [1.54, 1.807) is 0 Å². The highest BCUT2D eigenvalue weighted by Crippen LogP contribution is 2.57. The Morgan fingerprint density at radius 2 is 0.980 bits per heavy atom. The van der Waals surface area contributed by atoms with Crippen LogP contribution in [0.3, 0.4) is 0 Å². The van der Waals surface area contributed by atoms with Crippen LogP contribution in [-0.2, 0) is 5.41 Å². The SMILES string of the molecule is c1ccc(-c2nc(-n3c4ccccc4c4ccccc43)nc(C3(c4cccc5oc6ccccc6c45)c4ccccc4-c4ccccc43)n2)cc1. The van der Waals surface area contributed by atoms with Crippen molar-refractivity contribution in [2.75, 3.05) is 0 Å². The van der Waals surface area contributed by atoms with E-state index >= 15 is 0 Å². The largest absolute Gasteiger partial charge is 0.456 e. The molecule has 0 N–H and O–H groups in total. The van der Waals surface area contributed by atoms with Gasteiger partial charge in [-0.3, -0.25) is 4.57 Å². The molecule has 0 unspecified atom stereocenters. The molecule has 0 atom stereocenters. The van der Waals surface area contributed by atoms with Gasteiger partial charge in [-0.1, -0.05) is 146 Å². The molecule has 0 bridgehead atoms. The molecule has 0 saturated heterocycles. The van der Waals surface area contributed by atoms with Crippen molar-refractivity contribution in [3.05, 3.63) is 192 Å². The quantitative estimate of drug-likeness (QED) is 0.190. The Morgan fingerprint density at radius 3 is 1.69 bits per heavy atom. The molecule has 1 aliphatic rings. The van der Waals surface area contributed by atoms with Gasteiger partial charge in [0.15, 0.2) is 11.6 Å². The standard InChI is InChI=1S/C46H28N4O/c1-2-15-29(16-3-1)43-47-44(49-45(48-43)50-38-25-11-6-19-32(38)33-20-7-12-26-39(33)50)46(35-22-9-4-17-30(35)31-18-5-10-23-36(31)46)37-24-14-28-41-42(37)34-21-8-13-27-40(34)51-41/h1-28H. The number of furan rings is 1. The smallest absolute Gasteiger partial charge is 0.238 e. The molecule has 238 valence electrons. The topological polar surface area (TPSA) is 56.7 Å². The highest BCUT2D eigenvalue weighted by atomic mass is 16.3. The van der Waals surface area contributed by atoms with Crippen LogP contribution in [0.1, 0.15) is 22.5 Å². The van der Waals surface area contributed by atoms with Crippen molar-refractivity contribution in [3.63, 3.8) is 0 Å². The van der Waals surface area contributed by atoms with Crippen LogP contribution in [0.25, 0.3) is 72.2 Å². The van der Waals surface area contributed by atoms with Gasteiger partial charge in [0.1, 0.15) is 16.6 Å². The fourth-order valence-electron chi connectivity index (χ4n) is 8.46. The Morgan fingerprint density at radius 1 is 0.431 bits per heavy atom. The van der Waals surface area contributed by atoms with E-state index in [9.17, 15) is 0 Å². The molecular weight excluding hydrogens is 625 g/mol. The van der Waals surface area contributed by atoms with Crippen molar-refractivity contribution in [2.45, 2.75) is 5.41 Å². The highest BCUT2D eigenvalue weighted by molar-refractivity contribution is 6.10. The van der Waals surface area contributed by atoms with Crippen LogP contribution in [0.4, 0.5) is 0 Å². The van der Waals surface area contributed by atoms with Crippen molar-refractivity contribution in [2.24, 2.45) is 0 Å². The van der Waals surface area contributed by atoms with E-state index in [1.807, 2.05) is 30.3 Å². The summed E-state index contributed by atoms with van der Waals surface area (Å²) in [6, 6.07) is 59.3. The van der Waals surface area contributed by atoms with E-state index in [0.29, 0.717) is 17.6 Å². The molecule has 0 spiro atoms. The number of hydrogen-bond donors (Lipinski definition) is 0. The zero-order valence-electron chi connectivity index (χ0n) is 27.4. The van der Waals surface area contributed by atoms with Crippen molar-refractivity contribution in [1.29, 1.82) is 0 Å². The van der Waals surface area contributed by atoms with Crippen LogP contribution in [-0.4, -0.2) is 19.5 Å². The Hall–Kier alpha value is -6.85. The third kappa shape index (κ3) is 3.83. The molecule has 1 aliphatic carbocycles. The summed E-state index contributed by atoms with van der Waals surface area (Å²) in [4.78, 5) is 16.4. The normalized spacial score (nSPS) is 13.3. The van der Waals surface area contributed by atoms with Gasteiger partial charge in [-0.15, -0.1) is 0 Å². The van der Waals surface area contributed by atoms with Gasteiger partial charge in [0.05, 0.1) is 11.0 Å². The van der Waals surface area contributed by atoms with Gasteiger partial charge in [-0.2, -0.15) is 9.97 Å². The average molecular weight is 653 g/mol. The summed E-state index contributed by atoms with van der Waals surface area (Å²) < 4.78 is 8.72. The molecule has 0 radical (unpaired) electrons. The lowest BCUT2D eigenvalue weighted by Crippen LogP contribution is -2.32. The van der Waals surface area contributed by atoms with Crippen LogP contribution in [0.2, 0.25) is 0 Å². The first-order chi connectivity index (χ1) is 25.3. The average Bonchev–Trinajstić information content (AvgIpc) is 3.85. The number of benzene rings is 7. The number of rotatable bonds is 4. The number of para-hydroxylation sites is 3. The first-order valence-electron chi connectivity index (χ1n) is 17.2. The number of aromatic nitrogens is 4. The third-order valence-corrected chi connectivity index (χ3v) is 10.5. The zero-order valence-corrected chi connectivity index (χ0v) is 27.4. The van der Waals surface area contributed by atoms with Gasteiger partial charge >= 0.3 is 0 Å². The van der Waals surface area contributed by atoms with Crippen LogP contribution in [0, 0.1) is 0 Å². The molecular formula is C46H28N4O. The van der Waals surface area contributed by atoms with Crippen molar-refractivity contribution < 1.29 is 4.42 Å². The van der Waals surface area contributed by atoms with Gasteiger partial charge in [0.25, 0.3) is 0 Å². The second-order valence-electron chi connectivity index (χ2n) is 13.1. The summed E-state index contributed by atoms with van der Waals surface area (Å²) in [7, 11) is 0. The van der Waals surface area contributed by atoms with Gasteiger partial charge in [0.2, 0.25) is 5.95 Å². The number of fused-ring (bicyclic) bond motifs is 9. The number of hydrogen-bond acceptors (Lipinski definition) is 4. The summed E-state index contributed by atoms with van der Waals surface area (Å²) in [5.41, 5.74) is 9.43. The predicted molar refractivity (Wildman–Crippen MR) is 204 cm³/mol. The summed E-state index contributed by atoms with van der Waals surface area (Å²) in [5, 5.41) is 4.42. The molecule has 10 aromatic rings. The fourth-order valence-corrected chi connectivity index (χ4v) is 8.46. The van der Waals surface area contributed by atoms with Crippen LogP contribution in [0.15, 0.2) is 174 Å². The second-order valence-corrected chi connectivity index (χ2v) is 13.1. The van der Waals surface area contributed by atoms with Gasteiger partial charge in [-0.05, 0) is 52.1 Å². The maximum absolute atomic E-state index is 6.52. The third-order valence-electron chi connectivity index (χ3n) is 10.5.